The molecule has 4 heteroatoms. The van der Waals surface area contributed by atoms with Gasteiger partial charge in [-0.3, -0.25) is 5.41 Å². The molecule has 1 N–H and O–H groups in total. The van der Waals surface area contributed by atoms with Gasteiger partial charge in [0.05, 0.1) is 11.3 Å². The van der Waals surface area contributed by atoms with Crippen LogP contribution in [0.5, 0.6) is 0 Å². The van der Waals surface area contributed by atoms with Crippen LogP contribution < -0.4 is 0 Å². The third-order valence-corrected chi connectivity index (χ3v) is 3.43. The highest BCUT2D eigenvalue weighted by molar-refractivity contribution is 6.52. The van der Waals surface area contributed by atoms with Crippen molar-refractivity contribution in [3.63, 3.8) is 0 Å². The Morgan fingerprint density at radius 2 is 1.58 bits per heavy atom. The molecule has 0 radical (unpaired) electrons. The molecular weight excluding hydrogens is 324 g/mol. The van der Waals surface area contributed by atoms with Gasteiger partial charge in [-0.05, 0) is 13.0 Å². The maximum Gasteiger partial charge on any atom is 0.365 e. The number of benzene rings is 2. The van der Waals surface area contributed by atoms with Gasteiger partial charge in [-0.25, -0.2) is 4.79 Å². The Morgan fingerprint density at radius 1 is 1.00 bits per heavy atom. The van der Waals surface area contributed by atoms with E-state index in [1.165, 1.54) is 0 Å². The van der Waals surface area contributed by atoms with Crippen molar-refractivity contribution < 1.29 is 9.63 Å². The highest BCUT2D eigenvalue weighted by atomic mass is 16.7. The average molecular weight is 344 g/mol. The molecule has 0 saturated carbocycles. The van der Waals surface area contributed by atoms with E-state index in [1.807, 2.05) is 61.5 Å². The van der Waals surface area contributed by atoms with Gasteiger partial charge in [-0.2, -0.15) is 0 Å². The minimum absolute atomic E-state index is 0.166. The van der Waals surface area contributed by atoms with Crippen LogP contribution in [0.15, 0.2) is 102 Å². The summed E-state index contributed by atoms with van der Waals surface area (Å²) in [6.45, 7) is 5.53. The quantitative estimate of drug-likeness (QED) is 0.260. The fourth-order valence-corrected chi connectivity index (χ4v) is 2.08. The summed E-state index contributed by atoms with van der Waals surface area (Å²) in [4.78, 5) is 17.1. The summed E-state index contributed by atoms with van der Waals surface area (Å²) < 4.78 is 0. The van der Waals surface area contributed by atoms with Gasteiger partial charge in [0.1, 0.15) is 5.71 Å². The van der Waals surface area contributed by atoms with Gasteiger partial charge < -0.3 is 4.84 Å². The van der Waals surface area contributed by atoms with Crippen LogP contribution >= 0.6 is 0 Å². The topological polar surface area (TPSA) is 62.5 Å². The molecule has 2 rings (SSSR count). The first kappa shape index (κ1) is 18.8. The molecule has 0 aromatic heterocycles. The van der Waals surface area contributed by atoms with E-state index in [2.05, 4.69) is 11.7 Å². The molecule has 0 amide bonds. The average Bonchev–Trinajstić information content (AvgIpc) is 2.69. The smallest absolute Gasteiger partial charge is 0.312 e. The van der Waals surface area contributed by atoms with Crippen LogP contribution in [0.3, 0.4) is 0 Å². The van der Waals surface area contributed by atoms with Crippen molar-refractivity contribution >= 4 is 17.4 Å². The van der Waals surface area contributed by atoms with Crippen molar-refractivity contribution in [1.82, 2.24) is 0 Å². The zero-order valence-electron chi connectivity index (χ0n) is 14.6. The number of oxime groups is 1. The summed E-state index contributed by atoms with van der Waals surface area (Å²) >= 11 is 0. The number of rotatable bonds is 7. The van der Waals surface area contributed by atoms with E-state index >= 15 is 0 Å². The second-order valence-corrected chi connectivity index (χ2v) is 5.34. The van der Waals surface area contributed by atoms with Gasteiger partial charge in [0.25, 0.3) is 0 Å². The van der Waals surface area contributed by atoms with E-state index < -0.39 is 5.97 Å². The molecule has 0 unspecified atom stereocenters. The van der Waals surface area contributed by atoms with Gasteiger partial charge in [-0.1, -0.05) is 90.6 Å². The Morgan fingerprint density at radius 3 is 2.15 bits per heavy atom. The Kier molecular flexibility index (Phi) is 7.01. The Hall–Kier alpha value is -3.53. The number of carbonyl (C=O) groups excluding carboxylic acids is 1. The predicted octanol–water partition coefficient (Wildman–Crippen LogP) is 4.69. The largest absolute Gasteiger partial charge is 0.365 e. The minimum Gasteiger partial charge on any atom is -0.312 e. The molecule has 0 aliphatic rings. The molecule has 2 aromatic rings. The second-order valence-electron chi connectivity index (χ2n) is 5.34. The van der Waals surface area contributed by atoms with Crippen LogP contribution in [0.4, 0.5) is 0 Å². The molecule has 0 bridgehead atoms. The fraction of sp³-hybridized carbons (Fsp3) is 0.0455. The van der Waals surface area contributed by atoms with Crippen LogP contribution in [0.1, 0.15) is 18.1 Å². The Labute approximate surface area is 153 Å². The number of hydrogen-bond donors (Lipinski definition) is 1. The molecule has 2 aromatic carbocycles. The summed E-state index contributed by atoms with van der Waals surface area (Å²) in [5, 5.41) is 12.4. The van der Waals surface area contributed by atoms with E-state index in [0.29, 0.717) is 11.1 Å². The van der Waals surface area contributed by atoms with E-state index in [0.717, 1.165) is 0 Å². The van der Waals surface area contributed by atoms with Crippen LogP contribution in [-0.2, 0) is 9.63 Å². The zero-order valence-corrected chi connectivity index (χ0v) is 14.6. The number of nitrogens with one attached hydrogen (secondary N) is 1. The molecule has 4 nitrogen and oxygen atoms in total. The van der Waals surface area contributed by atoms with Crippen molar-refractivity contribution in [2.75, 3.05) is 0 Å². The summed E-state index contributed by atoms with van der Waals surface area (Å²) in [7, 11) is 0. The van der Waals surface area contributed by atoms with Gasteiger partial charge in [0.15, 0.2) is 0 Å². The van der Waals surface area contributed by atoms with Crippen LogP contribution in [-0.4, -0.2) is 17.4 Å². The van der Waals surface area contributed by atoms with Crippen molar-refractivity contribution in [3.8, 4) is 0 Å². The molecule has 0 saturated heterocycles. The molecule has 0 heterocycles. The van der Waals surface area contributed by atoms with Gasteiger partial charge in [0, 0.05) is 11.1 Å². The number of allylic oxidation sites excluding steroid dienone is 3. The number of carbonyl (C=O) groups is 1. The van der Waals surface area contributed by atoms with Crippen molar-refractivity contribution in [3.05, 3.63) is 108 Å². The molecular formula is C22H20N2O2. The first-order valence-electron chi connectivity index (χ1n) is 8.11. The maximum atomic E-state index is 12.1. The summed E-state index contributed by atoms with van der Waals surface area (Å²) in [6.07, 6.45) is 6.85. The third-order valence-electron chi connectivity index (χ3n) is 3.43. The monoisotopic (exact) mass is 344 g/mol. The normalized spacial score (nSPS) is 11.7. The predicted molar refractivity (Wildman–Crippen MR) is 105 cm³/mol. The lowest BCUT2D eigenvalue weighted by Gasteiger charge is -2.08. The molecule has 0 aliphatic heterocycles. The molecule has 26 heavy (non-hydrogen) atoms. The van der Waals surface area contributed by atoms with Gasteiger partial charge >= 0.3 is 5.97 Å². The van der Waals surface area contributed by atoms with E-state index in [9.17, 15) is 4.79 Å². The highest BCUT2D eigenvalue weighted by Crippen LogP contribution is 2.10. The number of nitrogens with zero attached hydrogens (tertiary/aromatic N) is 1. The first-order valence-corrected chi connectivity index (χ1v) is 8.11. The van der Waals surface area contributed by atoms with Crippen LogP contribution in [0, 0.1) is 5.41 Å². The van der Waals surface area contributed by atoms with Crippen molar-refractivity contribution in [2.24, 2.45) is 5.16 Å². The molecule has 0 spiro atoms. The zero-order chi connectivity index (χ0) is 18.8. The van der Waals surface area contributed by atoms with E-state index in [-0.39, 0.29) is 17.0 Å². The highest BCUT2D eigenvalue weighted by Gasteiger charge is 2.15. The van der Waals surface area contributed by atoms with Gasteiger partial charge in [0.2, 0.25) is 0 Å². The van der Waals surface area contributed by atoms with E-state index in [1.54, 1.807) is 30.4 Å². The first-order chi connectivity index (χ1) is 12.6. The molecule has 130 valence electrons. The SMILES string of the molecule is C=C(/C=C\C=C/C)C(=O)O/N=C(\C(=N)c1ccccc1)c1ccccc1. The van der Waals surface area contributed by atoms with E-state index in [4.69, 9.17) is 10.2 Å². The Balaban J connectivity index is 2.27. The lowest BCUT2D eigenvalue weighted by molar-refractivity contribution is -0.138. The van der Waals surface area contributed by atoms with Crippen LogP contribution in [0.2, 0.25) is 0 Å². The lowest BCUT2D eigenvalue weighted by Crippen LogP contribution is -2.17. The maximum absolute atomic E-state index is 12.1. The second kappa shape index (κ2) is 9.69. The Bertz CT molecular complexity index is 864. The van der Waals surface area contributed by atoms with Crippen molar-refractivity contribution in [2.45, 2.75) is 6.92 Å². The third kappa shape index (κ3) is 5.24. The fourth-order valence-electron chi connectivity index (χ4n) is 2.08. The molecule has 0 fully saturated rings. The summed E-state index contributed by atoms with van der Waals surface area (Å²) in [5.74, 6) is -0.667. The molecule has 0 aliphatic carbocycles. The molecule has 0 atom stereocenters. The summed E-state index contributed by atoms with van der Waals surface area (Å²) in [6, 6.07) is 18.3. The summed E-state index contributed by atoms with van der Waals surface area (Å²) in [5.41, 5.74) is 1.97. The van der Waals surface area contributed by atoms with Gasteiger partial charge in [-0.15, -0.1) is 0 Å². The standard InChI is InChI=1S/C22H20N2O2/c1-3-4-7-12-17(2)22(25)26-24-21(19-15-10-6-11-16-19)20(23)18-13-8-5-9-14-18/h3-16,23H,2H2,1H3/b4-3-,12-7-,23-20?,24-21-. The van der Waals surface area contributed by atoms with Crippen LogP contribution in [0.25, 0.3) is 0 Å². The lowest BCUT2D eigenvalue weighted by atomic mass is 10.0. The van der Waals surface area contributed by atoms with Crippen molar-refractivity contribution in [1.29, 1.82) is 5.41 Å². The minimum atomic E-state index is -0.667. The number of hydrogen-bond acceptors (Lipinski definition) is 4.